The summed E-state index contributed by atoms with van der Waals surface area (Å²) >= 11 is 3.16. The van der Waals surface area contributed by atoms with Crippen LogP contribution in [0.15, 0.2) is 33.2 Å². The van der Waals surface area contributed by atoms with Crippen molar-refractivity contribution in [3.05, 3.63) is 24.4 Å². The van der Waals surface area contributed by atoms with Gasteiger partial charge in [0.15, 0.2) is 9.92 Å². The number of benzene rings is 1. The Hall–Kier alpha value is -2.10. The van der Waals surface area contributed by atoms with Gasteiger partial charge in [0.05, 0.1) is 6.20 Å². The van der Waals surface area contributed by atoms with Crippen molar-refractivity contribution >= 4 is 39.2 Å². The van der Waals surface area contributed by atoms with Crippen molar-refractivity contribution in [2.45, 2.75) is 17.2 Å². The average molecular weight is 402 g/mol. The lowest BCUT2D eigenvalue weighted by Gasteiger charge is -2.14. The summed E-state index contributed by atoms with van der Waals surface area (Å²) in [5.41, 5.74) is 2.19. The molecule has 0 N–H and O–H groups in total. The Balaban J connectivity index is 1.33. The van der Waals surface area contributed by atoms with Gasteiger partial charge >= 0.3 is 0 Å². The molecule has 1 aliphatic rings. The number of thioether (sulfide) groups is 1. The minimum absolute atomic E-state index is 0.502. The first kappa shape index (κ1) is 17.0. The maximum absolute atomic E-state index is 5.92. The SMILES string of the molecule is CSc1nn2cc(-c3nc4ccc(OCCN5CCCC5)cc4o3)nc2s1. The van der Waals surface area contributed by atoms with Crippen LogP contribution in [-0.4, -0.2) is 57.0 Å². The second-order valence-corrected chi connectivity index (χ2v) is 8.48. The number of imidazole rings is 1. The lowest BCUT2D eigenvalue weighted by Crippen LogP contribution is -2.25. The van der Waals surface area contributed by atoms with Crippen LogP contribution in [0.25, 0.3) is 27.6 Å². The van der Waals surface area contributed by atoms with E-state index in [0.717, 1.165) is 27.1 Å². The first-order valence-corrected chi connectivity index (χ1v) is 11.0. The summed E-state index contributed by atoms with van der Waals surface area (Å²) < 4.78 is 14.6. The molecule has 0 amide bonds. The van der Waals surface area contributed by atoms with E-state index in [0.29, 0.717) is 23.8 Å². The fourth-order valence-electron chi connectivity index (χ4n) is 3.27. The zero-order valence-electron chi connectivity index (χ0n) is 14.9. The van der Waals surface area contributed by atoms with Crippen LogP contribution in [-0.2, 0) is 0 Å². The monoisotopic (exact) mass is 401 g/mol. The van der Waals surface area contributed by atoms with E-state index in [2.05, 4.69) is 20.0 Å². The van der Waals surface area contributed by atoms with Gasteiger partial charge in [0, 0.05) is 12.6 Å². The van der Waals surface area contributed by atoms with Crippen molar-refractivity contribution in [2.24, 2.45) is 0 Å². The Labute approximate surface area is 164 Å². The fourth-order valence-corrected chi connectivity index (χ4v) is 4.61. The first-order valence-electron chi connectivity index (χ1n) is 8.95. The molecule has 0 unspecified atom stereocenters. The van der Waals surface area contributed by atoms with Crippen LogP contribution in [0.2, 0.25) is 0 Å². The Bertz CT molecular complexity index is 1050. The Kier molecular flexibility index (Phi) is 4.50. The summed E-state index contributed by atoms with van der Waals surface area (Å²) in [5.74, 6) is 1.31. The molecule has 0 saturated carbocycles. The normalized spacial score (nSPS) is 15.3. The molecule has 4 aromatic rings. The summed E-state index contributed by atoms with van der Waals surface area (Å²) in [6.07, 6.45) is 6.45. The maximum atomic E-state index is 5.92. The molecule has 140 valence electrons. The minimum Gasteiger partial charge on any atom is -0.492 e. The Morgan fingerprint density at radius 2 is 2.15 bits per heavy atom. The van der Waals surface area contributed by atoms with Crippen LogP contribution < -0.4 is 4.74 Å². The molecular weight excluding hydrogens is 382 g/mol. The smallest absolute Gasteiger partial charge is 0.247 e. The number of rotatable bonds is 6. The van der Waals surface area contributed by atoms with E-state index >= 15 is 0 Å². The molecule has 0 aliphatic carbocycles. The van der Waals surface area contributed by atoms with Crippen LogP contribution in [0, 0.1) is 0 Å². The molecular formula is C18H19N5O2S2. The van der Waals surface area contributed by atoms with Gasteiger partial charge in [-0.25, -0.2) is 14.5 Å². The number of hydrogen-bond acceptors (Lipinski definition) is 8. The predicted molar refractivity (Wildman–Crippen MR) is 107 cm³/mol. The number of likely N-dealkylation sites (tertiary alicyclic amines) is 1. The minimum atomic E-state index is 0.502. The van der Waals surface area contributed by atoms with Crippen molar-refractivity contribution < 1.29 is 9.15 Å². The number of oxazole rings is 1. The quantitative estimate of drug-likeness (QED) is 0.455. The van der Waals surface area contributed by atoms with Gasteiger partial charge in [0.2, 0.25) is 10.9 Å². The van der Waals surface area contributed by atoms with Crippen molar-refractivity contribution in [2.75, 3.05) is 32.5 Å². The van der Waals surface area contributed by atoms with E-state index in [4.69, 9.17) is 9.15 Å². The average Bonchev–Trinajstić information content (AvgIpc) is 3.43. The van der Waals surface area contributed by atoms with E-state index in [1.165, 1.54) is 25.9 Å². The van der Waals surface area contributed by atoms with Gasteiger partial charge in [-0.1, -0.05) is 23.1 Å². The second kappa shape index (κ2) is 7.14. The highest BCUT2D eigenvalue weighted by molar-refractivity contribution is 8.00. The van der Waals surface area contributed by atoms with Crippen molar-refractivity contribution in [1.29, 1.82) is 0 Å². The zero-order chi connectivity index (χ0) is 18.2. The molecule has 1 fully saturated rings. The first-order chi connectivity index (χ1) is 13.3. The molecule has 5 rings (SSSR count). The molecule has 0 spiro atoms. The lowest BCUT2D eigenvalue weighted by molar-refractivity contribution is 0.238. The van der Waals surface area contributed by atoms with E-state index in [1.54, 1.807) is 27.6 Å². The van der Waals surface area contributed by atoms with Crippen LogP contribution in [0.3, 0.4) is 0 Å². The van der Waals surface area contributed by atoms with Crippen molar-refractivity contribution in [3.8, 4) is 17.3 Å². The summed E-state index contributed by atoms with van der Waals surface area (Å²) in [7, 11) is 0. The molecule has 9 heteroatoms. The molecule has 1 aromatic carbocycles. The van der Waals surface area contributed by atoms with Crippen molar-refractivity contribution in [1.82, 2.24) is 24.5 Å². The molecule has 0 atom stereocenters. The van der Waals surface area contributed by atoms with Crippen LogP contribution in [0.1, 0.15) is 12.8 Å². The molecule has 3 aromatic heterocycles. The fraction of sp³-hybridized carbons (Fsp3) is 0.389. The molecule has 0 radical (unpaired) electrons. The highest BCUT2D eigenvalue weighted by atomic mass is 32.2. The highest BCUT2D eigenvalue weighted by Gasteiger charge is 2.15. The molecule has 27 heavy (non-hydrogen) atoms. The topological polar surface area (TPSA) is 68.7 Å². The number of hydrogen-bond donors (Lipinski definition) is 0. The largest absolute Gasteiger partial charge is 0.492 e. The number of nitrogens with zero attached hydrogens (tertiary/aromatic N) is 5. The van der Waals surface area contributed by atoms with E-state index < -0.39 is 0 Å². The van der Waals surface area contributed by atoms with Gasteiger partial charge in [-0.2, -0.15) is 0 Å². The third-order valence-electron chi connectivity index (χ3n) is 4.65. The summed E-state index contributed by atoms with van der Waals surface area (Å²) in [4.78, 5) is 12.4. The van der Waals surface area contributed by atoms with Crippen LogP contribution >= 0.6 is 23.1 Å². The third-order valence-corrected chi connectivity index (χ3v) is 6.55. The summed E-state index contributed by atoms with van der Waals surface area (Å²) in [5, 5.41) is 4.45. The molecule has 1 saturated heterocycles. The lowest BCUT2D eigenvalue weighted by atomic mass is 10.3. The van der Waals surface area contributed by atoms with Gasteiger partial charge in [0.25, 0.3) is 0 Å². The summed E-state index contributed by atoms with van der Waals surface area (Å²) in [6, 6.07) is 5.77. The third kappa shape index (κ3) is 3.42. The maximum Gasteiger partial charge on any atom is 0.247 e. The van der Waals surface area contributed by atoms with Gasteiger partial charge < -0.3 is 9.15 Å². The number of ether oxygens (including phenoxy) is 1. The number of fused-ring (bicyclic) bond motifs is 2. The van der Waals surface area contributed by atoms with E-state index in [1.807, 2.05) is 30.7 Å². The molecule has 1 aliphatic heterocycles. The molecule has 0 bridgehead atoms. The molecule has 7 nitrogen and oxygen atoms in total. The van der Waals surface area contributed by atoms with Gasteiger partial charge in [-0.15, -0.1) is 5.10 Å². The highest BCUT2D eigenvalue weighted by Crippen LogP contribution is 2.29. The second-order valence-electron chi connectivity index (χ2n) is 6.47. The summed E-state index contributed by atoms with van der Waals surface area (Å²) in [6.45, 7) is 4.02. The standard InChI is InChI=1S/C18H19N5O2S2/c1-26-18-21-23-11-14(20-17(23)27-18)16-19-13-5-4-12(10-15(13)25-16)24-9-8-22-6-2-3-7-22/h4-5,10-11H,2-3,6-9H2,1H3. The zero-order valence-corrected chi connectivity index (χ0v) is 16.6. The Morgan fingerprint density at radius 3 is 2.96 bits per heavy atom. The predicted octanol–water partition coefficient (Wildman–Crippen LogP) is 3.80. The van der Waals surface area contributed by atoms with E-state index in [-0.39, 0.29) is 0 Å². The van der Waals surface area contributed by atoms with Gasteiger partial charge in [-0.05, 0) is 44.3 Å². The number of aromatic nitrogens is 4. The van der Waals surface area contributed by atoms with Crippen LogP contribution in [0.4, 0.5) is 0 Å². The Morgan fingerprint density at radius 1 is 1.26 bits per heavy atom. The molecule has 4 heterocycles. The van der Waals surface area contributed by atoms with Crippen molar-refractivity contribution in [3.63, 3.8) is 0 Å². The van der Waals surface area contributed by atoms with Crippen LogP contribution in [0.5, 0.6) is 5.75 Å². The van der Waals surface area contributed by atoms with E-state index in [9.17, 15) is 0 Å². The van der Waals surface area contributed by atoms with Gasteiger partial charge in [-0.3, -0.25) is 4.90 Å². The van der Waals surface area contributed by atoms with Gasteiger partial charge in [0.1, 0.15) is 23.6 Å².